The van der Waals surface area contributed by atoms with Crippen LogP contribution in [0.15, 0.2) is 15.6 Å². The number of fused-ring (bicyclic) bond motifs is 1. The molecule has 0 aromatic rings. The van der Waals surface area contributed by atoms with Crippen molar-refractivity contribution < 1.29 is 24.6 Å². The van der Waals surface area contributed by atoms with Crippen LogP contribution in [0.1, 0.15) is 20.3 Å². The van der Waals surface area contributed by atoms with Gasteiger partial charge in [-0.1, -0.05) is 6.92 Å². The Bertz CT molecular complexity index is 806. The van der Waals surface area contributed by atoms with E-state index in [0.29, 0.717) is 11.3 Å². The number of thioether (sulfide) groups is 1. The lowest BCUT2D eigenvalue weighted by atomic mass is 9.79. The zero-order valence-electron chi connectivity index (χ0n) is 17.5. The third kappa shape index (κ3) is 3.42. The molecule has 0 aliphatic carbocycles. The number of likely N-dealkylation sites (N-methyl/N-ethyl adjacent to an activating group) is 1. The fourth-order valence-corrected chi connectivity index (χ4v) is 6.01. The van der Waals surface area contributed by atoms with Crippen LogP contribution in [0.25, 0.3) is 0 Å². The monoisotopic (exact) mass is 424 g/mol. The zero-order chi connectivity index (χ0) is 21.8. The summed E-state index contributed by atoms with van der Waals surface area (Å²) in [6.07, 6.45) is -0.366. The van der Waals surface area contributed by atoms with Crippen molar-refractivity contribution in [2.24, 2.45) is 16.8 Å². The van der Waals surface area contributed by atoms with E-state index in [0.717, 1.165) is 5.84 Å². The largest absolute Gasteiger partial charge is 0.477 e. The molecule has 160 valence electrons. The average Bonchev–Trinajstić information content (AvgIpc) is 3.13. The molecule has 3 heterocycles. The molecule has 1 unspecified atom stereocenters. The van der Waals surface area contributed by atoms with Gasteiger partial charge in [0.15, 0.2) is 0 Å². The summed E-state index contributed by atoms with van der Waals surface area (Å²) in [6.45, 7) is 3.45. The van der Waals surface area contributed by atoms with Gasteiger partial charge in [0.25, 0.3) is 0 Å². The molecule has 0 spiro atoms. The quantitative estimate of drug-likeness (QED) is 0.600. The first-order chi connectivity index (χ1) is 13.5. The van der Waals surface area contributed by atoms with Gasteiger partial charge in [0.1, 0.15) is 17.6 Å². The summed E-state index contributed by atoms with van der Waals surface area (Å²) in [6, 6.07) is -0.856. The van der Waals surface area contributed by atoms with E-state index in [9.17, 15) is 24.6 Å². The molecule has 1 saturated heterocycles. The lowest BCUT2D eigenvalue weighted by Gasteiger charge is -2.46. The minimum atomic E-state index is -1.15. The number of β-lactam (4-membered cyclic amide) rings is 1. The molecule has 0 bridgehead atoms. The van der Waals surface area contributed by atoms with Crippen molar-refractivity contribution in [3.63, 3.8) is 0 Å². The molecule has 0 radical (unpaired) electrons. The van der Waals surface area contributed by atoms with Crippen molar-refractivity contribution >= 4 is 35.4 Å². The Hall–Kier alpha value is -2.07. The van der Waals surface area contributed by atoms with Crippen LogP contribution in [0, 0.1) is 11.8 Å². The lowest BCUT2D eigenvalue weighted by molar-refractivity contribution is -0.163. The molecule has 2 N–H and O–H groups in total. The van der Waals surface area contributed by atoms with Crippen LogP contribution in [0.2, 0.25) is 0 Å². The molecule has 0 aromatic carbocycles. The number of carboxylic acids is 1. The Labute approximate surface area is 174 Å². The fraction of sp³-hybridized carbons (Fsp3) is 0.684. The molecule has 29 heavy (non-hydrogen) atoms. The average molecular weight is 425 g/mol. The number of aliphatic carboxylic acids is 1. The third-order valence-electron chi connectivity index (χ3n) is 5.78. The smallest absolute Gasteiger partial charge is 0.353 e. The molecular weight excluding hydrogens is 396 g/mol. The van der Waals surface area contributed by atoms with Crippen molar-refractivity contribution in [3.8, 4) is 0 Å². The Balaban J connectivity index is 1.90. The maximum Gasteiger partial charge on any atom is 0.353 e. The predicted octanol–water partition coefficient (Wildman–Crippen LogP) is 0.0625. The van der Waals surface area contributed by atoms with Gasteiger partial charge in [-0.15, -0.1) is 11.8 Å². The molecule has 3 rings (SSSR count). The van der Waals surface area contributed by atoms with Crippen LogP contribution in [0.5, 0.6) is 0 Å². The molecular formula is C19H28N4O5S. The molecule has 6 atom stereocenters. The number of carbonyl (C=O) groups excluding carboxylic acids is 2. The van der Waals surface area contributed by atoms with Crippen molar-refractivity contribution in [3.05, 3.63) is 10.6 Å². The predicted molar refractivity (Wildman–Crippen MR) is 109 cm³/mol. The highest BCUT2D eigenvalue weighted by Gasteiger charge is 2.60. The molecule has 0 aromatic heterocycles. The molecule has 1 fully saturated rings. The molecule has 10 heteroatoms. The fourth-order valence-electron chi connectivity index (χ4n) is 4.39. The van der Waals surface area contributed by atoms with E-state index in [1.165, 1.54) is 21.6 Å². The molecule has 2 amide bonds. The Kier molecular flexibility index (Phi) is 5.70. The van der Waals surface area contributed by atoms with Crippen LogP contribution < -0.4 is 0 Å². The summed E-state index contributed by atoms with van der Waals surface area (Å²) in [5.41, 5.74) is -0.00473. The highest BCUT2D eigenvalue weighted by atomic mass is 32.2. The number of amidine groups is 1. The second-order valence-electron chi connectivity index (χ2n) is 8.24. The van der Waals surface area contributed by atoms with Gasteiger partial charge in [-0.2, -0.15) is 0 Å². The standard InChI is InChI=1S/C19H28N4O5S/c1-8-13-12(9(2)24)18(26)23(13)14(19(27)28)15(8)29-11-7-10(17(25)22(5)6)20-16(11)21(3)4/h8-13,24H,7H2,1-6H3,(H,27,28)/t8-,9-,10+,11?,12-,13-/m1/s1. The van der Waals surface area contributed by atoms with Gasteiger partial charge >= 0.3 is 5.97 Å². The van der Waals surface area contributed by atoms with Crippen molar-refractivity contribution in [1.29, 1.82) is 0 Å². The van der Waals surface area contributed by atoms with E-state index < -0.39 is 24.0 Å². The van der Waals surface area contributed by atoms with E-state index in [-0.39, 0.29) is 34.7 Å². The van der Waals surface area contributed by atoms with Crippen molar-refractivity contribution in [2.75, 3.05) is 28.2 Å². The molecule has 9 nitrogen and oxygen atoms in total. The van der Waals surface area contributed by atoms with E-state index in [1.54, 1.807) is 21.0 Å². The lowest BCUT2D eigenvalue weighted by Crippen LogP contribution is -2.63. The van der Waals surface area contributed by atoms with Crippen LogP contribution in [-0.2, 0) is 14.4 Å². The van der Waals surface area contributed by atoms with E-state index in [1.807, 2.05) is 25.9 Å². The highest BCUT2D eigenvalue weighted by Crippen LogP contribution is 2.52. The normalized spacial score (nSPS) is 32.0. The highest BCUT2D eigenvalue weighted by molar-refractivity contribution is 8.04. The topological polar surface area (TPSA) is 114 Å². The van der Waals surface area contributed by atoms with Gasteiger partial charge in [-0.3, -0.25) is 14.6 Å². The van der Waals surface area contributed by atoms with Gasteiger partial charge in [-0.25, -0.2) is 4.79 Å². The number of aliphatic hydroxyl groups is 1. The van der Waals surface area contributed by atoms with Crippen molar-refractivity contribution in [1.82, 2.24) is 14.7 Å². The van der Waals surface area contributed by atoms with Gasteiger partial charge in [0.05, 0.1) is 23.3 Å². The molecule has 0 saturated carbocycles. The Morgan fingerprint density at radius 1 is 1.28 bits per heavy atom. The maximum atomic E-state index is 12.5. The first-order valence-electron chi connectivity index (χ1n) is 9.58. The van der Waals surface area contributed by atoms with E-state index >= 15 is 0 Å². The van der Waals surface area contributed by atoms with Crippen LogP contribution in [0.3, 0.4) is 0 Å². The van der Waals surface area contributed by atoms with Gasteiger partial charge in [-0.05, 0) is 13.3 Å². The summed E-state index contributed by atoms with van der Waals surface area (Å²) < 4.78 is 0. The summed E-state index contributed by atoms with van der Waals surface area (Å²) >= 11 is 1.37. The zero-order valence-corrected chi connectivity index (χ0v) is 18.3. The number of hydrogen-bond donors (Lipinski definition) is 2. The van der Waals surface area contributed by atoms with Gasteiger partial charge < -0.3 is 24.9 Å². The first-order valence-corrected chi connectivity index (χ1v) is 10.5. The minimum absolute atomic E-state index is 0.00473. The van der Waals surface area contributed by atoms with Crippen LogP contribution in [-0.4, -0.2) is 100 Å². The second kappa shape index (κ2) is 7.64. The maximum absolute atomic E-state index is 12.5. The third-order valence-corrected chi connectivity index (χ3v) is 7.28. The summed E-state index contributed by atoms with van der Waals surface area (Å²) in [4.78, 5) is 46.8. The Morgan fingerprint density at radius 3 is 2.38 bits per heavy atom. The number of aliphatic hydroxyl groups excluding tert-OH is 1. The van der Waals surface area contributed by atoms with E-state index in [4.69, 9.17) is 0 Å². The number of nitrogens with zero attached hydrogens (tertiary/aromatic N) is 4. The minimum Gasteiger partial charge on any atom is -0.477 e. The van der Waals surface area contributed by atoms with E-state index in [2.05, 4.69) is 4.99 Å². The number of hydrogen-bond acceptors (Lipinski definition) is 7. The number of carbonyl (C=O) groups is 3. The summed E-state index contributed by atoms with van der Waals surface area (Å²) in [5.74, 6) is -1.67. The number of rotatable bonds is 5. The number of aliphatic imine (C=N–C) groups is 1. The van der Waals surface area contributed by atoms with Crippen LogP contribution >= 0.6 is 11.8 Å². The van der Waals surface area contributed by atoms with Crippen LogP contribution in [0.4, 0.5) is 0 Å². The van der Waals surface area contributed by atoms with Crippen molar-refractivity contribution in [2.45, 2.75) is 43.7 Å². The SMILES string of the molecule is C[C@@H](O)[C@H]1C(=O)N2C(C(=O)O)=C(SC3C[C@@H](C(=O)N(C)C)N=C3N(C)C)[C@H](C)[C@H]12. The number of amides is 2. The summed E-state index contributed by atoms with van der Waals surface area (Å²) in [7, 11) is 7.06. The first kappa shape index (κ1) is 21.6. The molecule has 3 aliphatic heterocycles. The Morgan fingerprint density at radius 2 is 1.90 bits per heavy atom. The summed E-state index contributed by atoms with van der Waals surface area (Å²) in [5, 5.41) is 19.6. The van der Waals surface area contributed by atoms with Gasteiger partial charge in [0, 0.05) is 39.0 Å². The number of carboxylic acid groups (broad SMARTS) is 1. The van der Waals surface area contributed by atoms with Gasteiger partial charge in [0.2, 0.25) is 11.8 Å². The molecule has 3 aliphatic rings. The second-order valence-corrected chi connectivity index (χ2v) is 9.49.